The smallest absolute Gasteiger partial charge is 2.00 e. The van der Waals surface area contributed by atoms with Gasteiger partial charge in [0.1, 0.15) is 0 Å². The molecular weight excluding hydrogens is 216 g/mol. The van der Waals surface area contributed by atoms with Gasteiger partial charge in [0, 0.05) is 0 Å². The van der Waals surface area contributed by atoms with Gasteiger partial charge in [-0.05, 0) is 0 Å². The molecule has 0 saturated heterocycles. The second kappa shape index (κ2) is 125. The maximum Gasteiger partial charge on any atom is 3.00 e. The van der Waals surface area contributed by atoms with Gasteiger partial charge < -0.3 is 16.4 Å². The molecule has 0 aromatic heterocycles. The monoisotopic (exact) mass is 220 g/mol. The van der Waals surface area contributed by atoms with Crippen LogP contribution in [0.15, 0.2) is 0 Å². The van der Waals surface area contributed by atoms with Crippen LogP contribution in [0.5, 0.6) is 0 Å². The van der Waals surface area contributed by atoms with Crippen LogP contribution in [0.25, 0.3) is 0 Å². The minimum absolute atomic E-state index is 0. The van der Waals surface area contributed by atoms with E-state index < -0.39 is 0 Å². The van der Waals surface area contributed by atoms with E-state index in [1.807, 2.05) is 0 Å². The zero-order chi connectivity index (χ0) is 0. The topological polar surface area (TPSA) is 85.5 Å². The van der Waals surface area contributed by atoms with E-state index in [1.54, 1.807) is 0 Å². The largest absolute Gasteiger partial charge is 3.00 e. The number of rotatable bonds is 0. The van der Waals surface area contributed by atoms with Crippen molar-refractivity contribution in [2.75, 3.05) is 0 Å². The molecule has 7 heavy (non-hydrogen) atoms. The third-order valence-electron chi connectivity index (χ3n) is 0. The van der Waals surface area contributed by atoms with Crippen LogP contribution in [-0.4, -0.2) is 0 Å². The van der Waals surface area contributed by atoms with E-state index >= 15 is 0 Å². The first-order valence-electron chi connectivity index (χ1n) is 0. The summed E-state index contributed by atoms with van der Waals surface area (Å²) in [6.45, 7) is 0. The average molecular weight is 220 g/mol. The molecule has 0 aliphatic heterocycles. The third-order valence-corrected chi connectivity index (χ3v) is 0. The van der Waals surface area contributed by atoms with Gasteiger partial charge in [-0.15, -0.1) is 0 Å². The fourth-order valence-electron chi connectivity index (χ4n) is 0. The fraction of sp³-hybridized carbons (Fsp3) is 0. The number of hydrogen-bond donors (Lipinski definition) is 0. The van der Waals surface area contributed by atoms with Gasteiger partial charge in [0.05, 0.1) is 0 Å². The van der Waals surface area contributed by atoms with Crippen molar-refractivity contribution in [1.29, 1.82) is 0 Å². The SMILES string of the molecule is S.S.[Cr+3].[Cr+3].[O-2].[O-2].[O-2]. The summed E-state index contributed by atoms with van der Waals surface area (Å²) in [7, 11) is 0. The van der Waals surface area contributed by atoms with E-state index in [2.05, 4.69) is 0 Å². The van der Waals surface area contributed by atoms with Gasteiger partial charge in [0.2, 0.25) is 0 Å². The molecule has 0 unspecified atom stereocenters. The summed E-state index contributed by atoms with van der Waals surface area (Å²) in [6.07, 6.45) is 0. The van der Waals surface area contributed by atoms with Gasteiger partial charge in [0.25, 0.3) is 0 Å². The van der Waals surface area contributed by atoms with Crippen LogP contribution >= 0.6 is 27.0 Å². The summed E-state index contributed by atoms with van der Waals surface area (Å²) in [5.41, 5.74) is 0. The van der Waals surface area contributed by atoms with Crippen molar-refractivity contribution >= 4 is 27.0 Å². The van der Waals surface area contributed by atoms with Crippen molar-refractivity contribution in [3.05, 3.63) is 0 Å². The second-order valence-electron chi connectivity index (χ2n) is 0. The summed E-state index contributed by atoms with van der Waals surface area (Å²) < 4.78 is 0. The summed E-state index contributed by atoms with van der Waals surface area (Å²) in [4.78, 5) is 0. The second-order valence-corrected chi connectivity index (χ2v) is 0. The van der Waals surface area contributed by atoms with Crippen molar-refractivity contribution in [3.63, 3.8) is 0 Å². The van der Waals surface area contributed by atoms with Crippen molar-refractivity contribution in [1.82, 2.24) is 0 Å². The molecule has 0 aromatic carbocycles. The maximum absolute atomic E-state index is 0. The predicted molar refractivity (Wildman–Crippen MR) is 22.8 cm³/mol. The Bertz CT molecular complexity index is 10.9. The van der Waals surface area contributed by atoms with Gasteiger partial charge in [-0.3, -0.25) is 0 Å². The normalized spacial score (nSPS) is 0. The van der Waals surface area contributed by atoms with E-state index in [1.165, 1.54) is 0 Å². The first-order valence-corrected chi connectivity index (χ1v) is 0. The maximum atomic E-state index is 0. The van der Waals surface area contributed by atoms with Crippen LogP contribution in [0, 0.1) is 0 Å². The van der Waals surface area contributed by atoms with Crippen LogP contribution in [0.2, 0.25) is 0 Å². The summed E-state index contributed by atoms with van der Waals surface area (Å²) in [5, 5.41) is 0. The Morgan fingerprint density at radius 3 is 0.429 bits per heavy atom. The van der Waals surface area contributed by atoms with Crippen LogP contribution in [-0.2, 0) is 51.2 Å². The zero-order valence-corrected chi connectivity index (χ0v) is 7.59. The van der Waals surface area contributed by atoms with Crippen molar-refractivity contribution in [2.24, 2.45) is 0 Å². The molecule has 2 radical (unpaired) electrons. The summed E-state index contributed by atoms with van der Waals surface area (Å²) in [6, 6.07) is 0. The fourth-order valence-corrected chi connectivity index (χ4v) is 0. The Labute approximate surface area is 77.9 Å². The van der Waals surface area contributed by atoms with Crippen LogP contribution in [0.1, 0.15) is 0 Å². The molecular formula is H4Cr2O3S2. The molecule has 3 nitrogen and oxygen atoms in total. The molecule has 0 rings (SSSR count). The first-order chi connectivity index (χ1) is 0. The molecule has 0 fully saturated rings. The van der Waals surface area contributed by atoms with Gasteiger partial charge in [-0.25, -0.2) is 0 Å². The Balaban J connectivity index is 0. The first kappa shape index (κ1) is 187. The average Bonchev–Trinajstić information content (AvgIpc) is 0. The Hall–Kier alpha value is 1.64. The van der Waals surface area contributed by atoms with E-state index in [-0.39, 0.29) is 78.1 Å². The molecule has 0 aliphatic rings. The molecule has 0 aliphatic carbocycles. The molecule has 46 valence electrons. The van der Waals surface area contributed by atoms with Gasteiger partial charge >= 0.3 is 34.7 Å². The third kappa shape index (κ3) is 90.0. The molecule has 0 atom stereocenters. The van der Waals surface area contributed by atoms with E-state index in [0.29, 0.717) is 0 Å². The Morgan fingerprint density at radius 1 is 0.429 bits per heavy atom. The molecule has 0 N–H and O–H groups in total. The van der Waals surface area contributed by atoms with Crippen LogP contribution < -0.4 is 0 Å². The molecule has 0 amide bonds. The summed E-state index contributed by atoms with van der Waals surface area (Å²) in [5.74, 6) is 0. The zero-order valence-electron chi connectivity index (χ0n) is 3.04. The Morgan fingerprint density at radius 2 is 0.429 bits per heavy atom. The van der Waals surface area contributed by atoms with Crippen LogP contribution in [0.3, 0.4) is 0 Å². The Kier molecular flexibility index (Phi) is 3330. The summed E-state index contributed by atoms with van der Waals surface area (Å²) >= 11 is 0. The van der Waals surface area contributed by atoms with E-state index in [0.717, 1.165) is 0 Å². The molecule has 0 spiro atoms. The standard InChI is InChI=1S/2Cr.3O.2H2S/h;;;;;2*1H2/q2*+3;3*-2;;. The van der Waals surface area contributed by atoms with Crippen molar-refractivity contribution < 1.29 is 51.2 Å². The quantitative estimate of drug-likeness (QED) is 0.544. The van der Waals surface area contributed by atoms with Gasteiger partial charge in [0.15, 0.2) is 0 Å². The molecule has 0 aromatic rings. The van der Waals surface area contributed by atoms with Crippen molar-refractivity contribution in [2.45, 2.75) is 0 Å². The molecule has 7 heteroatoms. The molecule has 0 heterocycles. The van der Waals surface area contributed by atoms with Crippen LogP contribution in [0.4, 0.5) is 0 Å². The minimum atomic E-state index is 0. The van der Waals surface area contributed by atoms with Crippen molar-refractivity contribution in [3.8, 4) is 0 Å². The predicted octanol–water partition coefficient (Wildman–Crippen LogP) is -0.136. The number of hydrogen-bond acceptors (Lipinski definition) is 0. The van der Waals surface area contributed by atoms with E-state index in [4.69, 9.17) is 0 Å². The molecule has 0 bridgehead atoms. The van der Waals surface area contributed by atoms with E-state index in [9.17, 15) is 0 Å². The van der Waals surface area contributed by atoms with Gasteiger partial charge in [-0.1, -0.05) is 0 Å². The van der Waals surface area contributed by atoms with Gasteiger partial charge in [-0.2, -0.15) is 27.0 Å². The molecule has 0 saturated carbocycles. The minimum Gasteiger partial charge on any atom is -2.00 e.